The number of sulfonamides is 1. The smallest absolute Gasteiger partial charge is 0.252 e. The van der Waals surface area contributed by atoms with E-state index >= 15 is 0 Å². The highest BCUT2D eigenvalue weighted by Gasteiger charge is 2.29. The second-order valence-electron chi connectivity index (χ2n) is 4.60. The van der Waals surface area contributed by atoms with Crippen LogP contribution in [0.2, 0.25) is 0 Å². The number of hydrogen-bond donors (Lipinski definition) is 1. The number of rotatable bonds is 2. The molecule has 1 N–H and O–H groups in total. The highest BCUT2D eigenvalue weighted by atomic mass is 79.9. The van der Waals surface area contributed by atoms with Gasteiger partial charge in [-0.15, -0.1) is 11.3 Å². The molecule has 0 spiro atoms. The van der Waals surface area contributed by atoms with E-state index in [2.05, 4.69) is 15.9 Å². The Hall–Kier alpha value is -0.890. The number of nitrogens with zero attached hydrogens (tertiary/aromatic N) is 1. The highest BCUT2D eigenvalue weighted by molar-refractivity contribution is 9.11. The van der Waals surface area contributed by atoms with Crippen molar-refractivity contribution >= 4 is 37.3 Å². The van der Waals surface area contributed by atoms with Gasteiger partial charge in [-0.2, -0.15) is 4.31 Å². The van der Waals surface area contributed by atoms with Gasteiger partial charge in [0, 0.05) is 13.1 Å². The van der Waals surface area contributed by atoms with Crippen LogP contribution >= 0.6 is 27.3 Å². The van der Waals surface area contributed by atoms with Gasteiger partial charge in [0.25, 0.3) is 10.0 Å². The summed E-state index contributed by atoms with van der Waals surface area (Å²) in [5.74, 6) is 0.168. The monoisotopic (exact) mass is 373 g/mol. The van der Waals surface area contributed by atoms with E-state index < -0.39 is 10.0 Å². The van der Waals surface area contributed by atoms with Gasteiger partial charge in [0.05, 0.1) is 3.79 Å². The largest absolute Gasteiger partial charge is 0.508 e. The molecule has 0 atom stereocenters. The number of thiophene rings is 1. The van der Waals surface area contributed by atoms with E-state index in [1.807, 2.05) is 6.07 Å². The lowest BCUT2D eigenvalue weighted by molar-refractivity contribution is 0.390. The summed E-state index contributed by atoms with van der Waals surface area (Å²) < 4.78 is 27.7. The Labute approximate surface area is 129 Å². The third-order valence-electron chi connectivity index (χ3n) is 3.31. The summed E-state index contributed by atoms with van der Waals surface area (Å²) in [6.45, 7) is 0.775. The van der Waals surface area contributed by atoms with Crippen molar-refractivity contribution in [1.29, 1.82) is 0 Å². The normalized spacial score (nSPS) is 16.1. The van der Waals surface area contributed by atoms with Gasteiger partial charge in [0.15, 0.2) is 0 Å². The molecule has 1 aliphatic rings. The van der Waals surface area contributed by atoms with E-state index in [1.165, 1.54) is 15.6 Å². The van der Waals surface area contributed by atoms with Crippen LogP contribution in [-0.2, 0) is 23.0 Å². The number of phenolic OH excluding ortho intramolecular Hbond substituents is 1. The van der Waals surface area contributed by atoms with Crippen LogP contribution in [0, 0.1) is 0 Å². The highest BCUT2D eigenvalue weighted by Crippen LogP contribution is 2.31. The van der Waals surface area contributed by atoms with Crippen LogP contribution in [0.4, 0.5) is 0 Å². The van der Waals surface area contributed by atoms with Gasteiger partial charge in [-0.3, -0.25) is 0 Å². The first-order chi connectivity index (χ1) is 9.46. The third kappa shape index (κ3) is 2.50. The molecule has 1 aliphatic heterocycles. The lowest BCUT2D eigenvalue weighted by Gasteiger charge is -2.27. The number of fused-ring (bicyclic) bond motifs is 1. The minimum absolute atomic E-state index is 0.168. The van der Waals surface area contributed by atoms with E-state index in [-0.39, 0.29) is 5.75 Å². The van der Waals surface area contributed by atoms with Crippen molar-refractivity contribution < 1.29 is 13.5 Å². The molecule has 0 amide bonds. The van der Waals surface area contributed by atoms with E-state index in [1.54, 1.807) is 24.3 Å². The first-order valence-corrected chi connectivity index (χ1v) is 9.08. The van der Waals surface area contributed by atoms with E-state index in [0.29, 0.717) is 23.7 Å². The maximum absolute atomic E-state index is 12.5. The lowest BCUT2D eigenvalue weighted by Crippen LogP contribution is -2.35. The Morgan fingerprint density at radius 3 is 2.70 bits per heavy atom. The van der Waals surface area contributed by atoms with E-state index in [0.717, 1.165) is 14.9 Å². The fourth-order valence-electron chi connectivity index (χ4n) is 2.29. The fraction of sp³-hybridized carbons (Fsp3) is 0.231. The van der Waals surface area contributed by atoms with Gasteiger partial charge >= 0.3 is 0 Å². The summed E-state index contributed by atoms with van der Waals surface area (Å²) in [5.41, 5.74) is 1.97. The first-order valence-electron chi connectivity index (χ1n) is 6.03. The minimum Gasteiger partial charge on any atom is -0.508 e. The summed E-state index contributed by atoms with van der Waals surface area (Å²) in [4.78, 5) is 0. The van der Waals surface area contributed by atoms with Crippen LogP contribution in [0.5, 0.6) is 5.75 Å². The number of benzene rings is 1. The van der Waals surface area contributed by atoms with E-state index in [4.69, 9.17) is 0 Å². The Morgan fingerprint density at radius 2 is 2.00 bits per heavy atom. The second kappa shape index (κ2) is 5.14. The van der Waals surface area contributed by atoms with Gasteiger partial charge in [-0.05, 0) is 57.7 Å². The fourth-order valence-corrected chi connectivity index (χ4v) is 5.87. The van der Waals surface area contributed by atoms with Gasteiger partial charge in [0.1, 0.15) is 9.96 Å². The Balaban J connectivity index is 1.93. The number of hydrogen-bond acceptors (Lipinski definition) is 4. The summed E-state index contributed by atoms with van der Waals surface area (Å²) in [6.07, 6.45) is 0.668. The molecule has 0 bridgehead atoms. The van der Waals surface area contributed by atoms with Crippen molar-refractivity contribution in [3.63, 3.8) is 0 Å². The van der Waals surface area contributed by atoms with Crippen LogP contribution in [0.3, 0.4) is 0 Å². The van der Waals surface area contributed by atoms with Crippen molar-refractivity contribution in [3.8, 4) is 5.75 Å². The Morgan fingerprint density at radius 1 is 1.20 bits per heavy atom. The molecule has 0 saturated heterocycles. The van der Waals surface area contributed by atoms with Gasteiger partial charge < -0.3 is 5.11 Å². The summed E-state index contributed by atoms with van der Waals surface area (Å²) in [7, 11) is -3.46. The van der Waals surface area contributed by atoms with Gasteiger partial charge in [-0.1, -0.05) is 6.07 Å². The molecule has 0 fully saturated rings. The van der Waals surface area contributed by atoms with Crippen LogP contribution < -0.4 is 0 Å². The lowest BCUT2D eigenvalue weighted by atomic mass is 10.0. The first kappa shape index (κ1) is 14.1. The summed E-state index contributed by atoms with van der Waals surface area (Å²) in [6, 6.07) is 8.49. The molecule has 106 valence electrons. The Bertz CT molecular complexity index is 755. The number of aromatic hydroxyl groups is 1. The summed E-state index contributed by atoms with van der Waals surface area (Å²) >= 11 is 4.50. The molecule has 1 aromatic carbocycles. The molecule has 1 aromatic heterocycles. The predicted molar refractivity (Wildman–Crippen MR) is 81.4 cm³/mol. The molecule has 2 aromatic rings. The second-order valence-corrected chi connectivity index (χ2v) is 9.23. The number of halogens is 1. The van der Waals surface area contributed by atoms with Crippen molar-refractivity contribution in [3.05, 3.63) is 45.2 Å². The van der Waals surface area contributed by atoms with Crippen molar-refractivity contribution in [1.82, 2.24) is 4.31 Å². The standard InChI is InChI=1S/C13H12BrNO3S2/c14-12-3-4-13(19-12)20(17,18)15-6-5-9-1-2-11(16)7-10(9)8-15/h1-4,7,16H,5-6,8H2. The summed E-state index contributed by atoms with van der Waals surface area (Å²) in [5, 5.41) is 9.53. The predicted octanol–water partition coefficient (Wildman–Crippen LogP) is 2.96. The zero-order chi connectivity index (χ0) is 14.3. The van der Waals surface area contributed by atoms with Crippen LogP contribution in [-0.4, -0.2) is 24.4 Å². The molecule has 4 nitrogen and oxygen atoms in total. The maximum atomic E-state index is 12.5. The van der Waals surface area contributed by atoms with Crippen LogP contribution in [0.15, 0.2) is 38.3 Å². The van der Waals surface area contributed by atoms with Gasteiger partial charge in [-0.25, -0.2) is 8.42 Å². The zero-order valence-corrected chi connectivity index (χ0v) is 13.6. The topological polar surface area (TPSA) is 57.6 Å². The zero-order valence-electron chi connectivity index (χ0n) is 10.4. The molecule has 7 heteroatoms. The van der Waals surface area contributed by atoms with Crippen molar-refractivity contribution in [2.45, 2.75) is 17.2 Å². The van der Waals surface area contributed by atoms with Crippen LogP contribution in [0.25, 0.3) is 0 Å². The molecular formula is C13H12BrNO3S2. The van der Waals surface area contributed by atoms with Crippen molar-refractivity contribution in [2.24, 2.45) is 0 Å². The Kier molecular flexibility index (Phi) is 3.62. The van der Waals surface area contributed by atoms with E-state index in [9.17, 15) is 13.5 Å². The molecule has 0 saturated carbocycles. The minimum atomic E-state index is -3.46. The molecule has 2 heterocycles. The third-order valence-corrected chi connectivity index (χ3v) is 7.25. The SMILES string of the molecule is O=S(=O)(c1ccc(Br)s1)N1CCc2ccc(O)cc2C1. The molecular weight excluding hydrogens is 362 g/mol. The van der Waals surface area contributed by atoms with Crippen molar-refractivity contribution in [2.75, 3.05) is 6.54 Å². The quantitative estimate of drug-likeness (QED) is 0.880. The molecule has 0 unspecified atom stereocenters. The molecule has 3 rings (SSSR count). The molecule has 0 radical (unpaired) electrons. The average molecular weight is 374 g/mol. The molecule has 0 aliphatic carbocycles. The van der Waals surface area contributed by atoms with Gasteiger partial charge in [0.2, 0.25) is 0 Å². The molecule has 20 heavy (non-hydrogen) atoms. The maximum Gasteiger partial charge on any atom is 0.252 e. The average Bonchev–Trinajstić information content (AvgIpc) is 2.85. The number of phenols is 1. The van der Waals surface area contributed by atoms with Crippen LogP contribution in [0.1, 0.15) is 11.1 Å².